The standard InChI is InChI=1S/C12H11N3O2/c1-9(15-16)10-2-4-11(5-3-10)17-12-8-13-6-7-14-12/h2-8,16H,1H3/b15-9+. The zero-order valence-electron chi connectivity index (χ0n) is 9.24. The molecule has 0 aliphatic heterocycles. The lowest BCUT2D eigenvalue weighted by atomic mass is 10.1. The number of benzene rings is 1. The third-order valence-electron chi connectivity index (χ3n) is 2.18. The number of aromatic nitrogens is 2. The third-order valence-corrected chi connectivity index (χ3v) is 2.18. The van der Waals surface area contributed by atoms with Crippen LogP contribution in [0.3, 0.4) is 0 Å². The van der Waals surface area contributed by atoms with E-state index in [4.69, 9.17) is 9.94 Å². The molecule has 0 amide bonds. The first kappa shape index (κ1) is 11.1. The van der Waals surface area contributed by atoms with E-state index in [1.54, 1.807) is 43.6 Å². The molecular formula is C12H11N3O2. The summed E-state index contributed by atoms with van der Waals surface area (Å²) in [5, 5.41) is 11.8. The molecule has 86 valence electrons. The minimum atomic E-state index is 0.438. The predicted octanol–water partition coefficient (Wildman–Crippen LogP) is 2.47. The van der Waals surface area contributed by atoms with Gasteiger partial charge in [-0.1, -0.05) is 5.16 Å². The number of ether oxygens (including phenoxy) is 1. The summed E-state index contributed by atoms with van der Waals surface area (Å²) in [5.74, 6) is 1.09. The molecule has 0 spiro atoms. The molecule has 5 nitrogen and oxygen atoms in total. The first-order valence-corrected chi connectivity index (χ1v) is 5.02. The lowest BCUT2D eigenvalue weighted by Crippen LogP contribution is -1.94. The van der Waals surface area contributed by atoms with E-state index in [0.717, 1.165) is 5.56 Å². The highest BCUT2D eigenvalue weighted by Gasteiger charge is 2.00. The summed E-state index contributed by atoms with van der Waals surface area (Å²) in [6.45, 7) is 1.72. The summed E-state index contributed by atoms with van der Waals surface area (Å²) in [6.07, 6.45) is 4.68. The van der Waals surface area contributed by atoms with Crippen molar-refractivity contribution < 1.29 is 9.94 Å². The smallest absolute Gasteiger partial charge is 0.237 e. The average molecular weight is 229 g/mol. The van der Waals surface area contributed by atoms with E-state index in [1.165, 1.54) is 6.20 Å². The Bertz CT molecular complexity index is 509. The van der Waals surface area contributed by atoms with Crippen LogP contribution in [0.1, 0.15) is 12.5 Å². The lowest BCUT2D eigenvalue weighted by Gasteiger charge is -2.04. The van der Waals surface area contributed by atoms with Crippen LogP contribution in [-0.4, -0.2) is 20.9 Å². The highest BCUT2D eigenvalue weighted by molar-refractivity contribution is 5.98. The first-order valence-electron chi connectivity index (χ1n) is 5.02. The number of oxime groups is 1. The minimum absolute atomic E-state index is 0.438. The van der Waals surface area contributed by atoms with Gasteiger partial charge in [0.1, 0.15) is 5.75 Å². The van der Waals surface area contributed by atoms with Crippen LogP contribution in [0.5, 0.6) is 11.6 Å². The Labute approximate surface area is 98.4 Å². The summed E-state index contributed by atoms with van der Waals surface area (Å²) in [4.78, 5) is 7.90. The topological polar surface area (TPSA) is 67.6 Å². The molecule has 17 heavy (non-hydrogen) atoms. The largest absolute Gasteiger partial charge is 0.438 e. The summed E-state index contributed by atoms with van der Waals surface area (Å²) < 4.78 is 5.47. The highest BCUT2D eigenvalue weighted by atomic mass is 16.5. The van der Waals surface area contributed by atoms with Crippen LogP contribution in [0.4, 0.5) is 0 Å². The van der Waals surface area contributed by atoms with Crippen LogP contribution < -0.4 is 4.74 Å². The summed E-state index contributed by atoms with van der Waals surface area (Å²) in [6, 6.07) is 7.17. The van der Waals surface area contributed by atoms with E-state index < -0.39 is 0 Å². The molecule has 0 saturated heterocycles. The van der Waals surface area contributed by atoms with Gasteiger partial charge in [-0.05, 0) is 36.8 Å². The van der Waals surface area contributed by atoms with E-state index in [9.17, 15) is 0 Å². The second-order valence-electron chi connectivity index (χ2n) is 3.36. The van der Waals surface area contributed by atoms with Crippen molar-refractivity contribution in [1.82, 2.24) is 9.97 Å². The van der Waals surface area contributed by atoms with Crippen molar-refractivity contribution in [3.8, 4) is 11.6 Å². The third kappa shape index (κ3) is 2.78. The summed E-state index contributed by atoms with van der Waals surface area (Å²) in [5.41, 5.74) is 1.38. The summed E-state index contributed by atoms with van der Waals surface area (Å²) in [7, 11) is 0. The molecule has 0 bridgehead atoms. The van der Waals surface area contributed by atoms with Gasteiger partial charge in [-0.25, -0.2) is 4.98 Å². The van der Waals surface area contributed by atoms with Gasteiger partial charge in [0.25, 0.3) is 0 Å². The fraction of sp³-hybridized carbons (Fsp3) is 0.0833. The Morgan fingerprint density at radius 2 is 2.00 bits per heavy atom. The second-order valence-corrected chi connectivity index (χ2v) is 3.36. The molecule has 0 unspecified atom stereocenters. The lowest BCUT2D eigenvalue weighted by molar-refractivity contribution is 0.319. The molecule has 0 aliphatic carbocycles. The molecule has 0 radical (unpaired) electrons. The van der Waals surface area contributed by atoms with E-state index in [-0.39, 0.29) is 0 Å². The van der Waals surface area contributed by atoms with Crippen molar-refractivity contribution in [2.75, 3.05) is 0 Å². The molecule has 0 fully saturated rings. The van der Waals surface area contributed by atoms with Gasteiger partial charge in [0.15, 0.2) is 0 Å². The monoisotopic (exact) mass is 229 g/mol. The van der Waals surface area contributed by atoms with Gasteiger partial charge < -0.3 is 9.94 Å². The number of hydrogen-bond donors (Lipinski definition) is 1. The predicted molar refractivity (Wildman–Crippen MR) is 62.5 cm³/mol. The molecule has 0 aliphatic rings. The molecule has 2 rings (SSSR count). The van der Waals surface area contributed by atoms with Crippen molar-refractivity contribution >= 4 is 5.71 Å². The van der Waals surface area contributed by atoms with Gasteiger partial charge in [0.2, 0.25) is 5.88 Å². The van der Waals surface area contributed by atoms with E-state index in [1.807, 2.05) is 0 Å². The van der Waals surface area contributed by atoms with E-state index in [2.05, 4.69) is 15.1 Å². The number of hydrogen-bond acceptors (Lipinski definition) is 5. The van der Waals surface area contributed by atoms with Crippen LogP contribution in [0, 0.1) is 0 Å². The van der Waals surface area contributed by atoms with E-state index in [0.29, 0.717) is 17.3 Å². The van der Waals surface area contributed by atoms with Crippen molar-refractivity contribution in [2.45, 2.75) is 6.92 Å². The van der Waals surface area contributed by atoms with Crippen LogP contribution in [0.25, 0.3) is 0 Å². The molecule has 1 N–H and O–H groups in total. The molecule has 5 heteroatoms. The van der Waals surface area contributed by atoms with Crippen LogP contribution in [0.2, 0.25) is 0 Å². The fourth-order valence-electron chi connectivity index (χ4n) is 1.28. The van der Waals surface area contributed by atoms with Crippen molar-refractivity contribution in [3.63, 3.8) is 0 Å². The van der Waals surface area contributed by atoms with E-state index >= 15 is 0 Å². The van der Waals surface area contributed by atoms with Crippen molar-refractivity contribution in [2.24, 2.45) is 5.16 Å². The van der Waals surface area contributed by atoms with Crippen molar-refractivity contribution in [3.05, 3.63) is 48.4 Å². The molecule has 0 saturated carbocycles. The Balaban J connectivity index is 2.14. The second kappa shape index (κ2) is 5.07. The van der Waals surface area contributed by atoms with Gasteiger partial charge in [-0.15, -0.1) is 0 Å². The fourth-order valence-corrected chi connectivity index (χ4v) is 1.28. The average Bonchev–Trinajstić information content (AvgIpc) is 2.40. The van der Waals surface area contributed by atoms with Crippen LogP contribution in [-0.2, 0) is 0 Å². The van der Waals surface area contributed by atoms with Gasteiger partial charge in [-0.3, -0.25) is 4.98 Å². The minimum Gasteiger partial charge on any atom is -0.438 e. The number of nitrogens with zero attached hydrogens (tertiary/aromatic N) is 3. The maximum atomic E-state index is 8.63. The van der Waals surface area contributed by atoms with Gasteiger partial charge in [0, 0.05) is 12.4 Å². The molecule has 1 aromatic heterocycles. The molecular weight excluding hydrogens is 218 g/mol. The Morgan fingerprint density at radius 3 is 2.59 bits per heavy atom. The zero-order chi connectivity index (χ0) is 12.1. The van der Waals surface area contributed by atoms with Crippen LogP contribution in [0.15, 0.2) is 48.0 Å². The Hall–Kier alpha value is -2.43. The van der Waals surface area contributed by atoms with Gasteiger partial charge in [-0.2, -0.15) is 0 Å². The maximum absolute atomic E-state index is 8.63. The quantitative estimate of drug-likeness (QED) is 0.498. The maximum Gasteiger partial charge on any atom is 0.237 e. The van der Waals surface area contributed by atoms with Crippen molar-refractivity contribution in [1.29, 1.82) is 0 Å². The Kier molecular flexibility index (Phi) is 3.30. The molecule has 1 aromatic carbocycles. The Morgan fingerprint density at radius 1 is 1.24 bits per heavy atom. The van der Waals surface area contributed by atoms with Crippen LogP contribution >= 0.6 is 0 Å². The molecule has 2 aromatic rings. The first-order chi connectivity index (χ1) is 8.29. The summed E-state index contributed by atoms with van der Waals surface area (Å²) >= 11 is 0. The van der Waals surface area contributed by atoms with Gasteiger partial charge in [0.05, 0.1) is 11.9 Å². The van der Waals surface area contributed by atoms with Gasteiger partial charge >= 0.3 is 0 Å². The highest BCUT2D eigenvalue weighted by Crippen LogP contribution is 2.18. The zero-order valence-corrected chi connectivity index (χ0v) is 9.24. The normalized spacial score (nSPS) is 11.2. The SMILES string of the molecule is C/C(=N\O)c1ccc(Oc2cnccn2)cc1. The molecule has 0 atom stereocenters. The molecule has 1 heterocycles. The number of rotatable bonds is 3.